The minimum Gasteiger partial charge on any atom is -0.444 e. The number of nitriles is 1. The van der Waals surface area contributed by atoms with Gasteiger partial charge in [-0.2, -0.15) is 5.26 Å². The van der Waals surface area contributed by atoms with Crippen LogP contribution in [0.3, 0.4) is 0 Å². The fourth-order valence-corrected chi connectivity index (χ4v) is 3.19. The molecule has 2 saturated heterocycles. The highest BCUT2D eigenvalue weighted by atomic mass is 16.6. The van der Waals surface area contributed by atoms with Crippen LogP contribution >= 0.6 is 0 Å². The van der Waals surface area contributed by atoms with Crippen molar-refractivity contribution in [2.75, 3.05) is 24.5 Å². The third-order valence-corrected chi connectivity index (χ3v) is 4.42. The highest BCUT2D eigenvalue weighted by Crippen LogP contribution is 2.36. The number of hydrogen-bond acceptors (Lipinski definition) is 5. The van der Waals surface area contributed by atoms with Crippen molar-refractivity contribution in [3.63, 3.8) is 0 Å². The van der Waals surface area contributed by atoms with Gasteiger partial charge in [-0.05, 0) is 33.8 Å². The number of carbonyl (C=O) groups excluding carboxylic acids is 1. The summed E-state index contributed by atoms with van der Waals surface area (Å²) in [5, 5.41) is 9.15. The van der Waals surface area contributed by atoms with E-state index in [0.29, 0.717) is 11.5 Å². The molecule has 0 N–H and O–H groups in total. The van der Waals surface area contributed by atoms with Crippen molar-refractivity contribution in [3.8, 4) is 6.07 Å². The smallest absolute Gasteiger partial charge is 0.410 e. The highest BCUT2D eigenvalue weighted by Gasteiger charge is 2.49. The number of nitrogens with zero attached hydrogens (tertiary/aromatic N) is 4. The summed E-state index contributed by atoms with van der Waals surface area (Å²) in [5.41, 5.74) is 1.83. The maximum atomic E-state index is 12.2. The minimum atomic E-state index is -0.469. The summed E-state index contributed by atoms with van der Waals surface area (Å²) in [5.74, 6) is 0.467. The molecule has 2 atom stereocenters. The summed E-state index contributed by atoms with van der Waals surface area (Å²) >= 11 is 0. The monoisotopic (exact) mass is 314 g/mol. The number of aryl methyl sites for hydroxylation is 1. The van der Waals surface area contributed by atoms with E-state index in [1.165, 1.54) is 0 Å². The van der Waals surface area contributed by atoms with Crippen LogP contribution in [0.5, 0.6) is 0 Å². The average Bonchev–Trinajstić information content (AvgIpc) is 2.75. The number of rotatable bonds is 1. The van der Waals surface area contributed by atoms with Crippen molar-refractivity contribution in [1.29, 1.82) is 5.26 Å². The lowest BCUT2D eigenvalue weighted by Crippen LogP contribution is -2.59. The van der Waals surface area contributed by atoms with E-state index >= 15 is 0 Å². The molecular formula is C17H22N4O2. The molecule has 2 fully saturated rings. The van der Waals surface area contributed by atoms with Crippen LogP contribution in [0.4, 0.5) is 10.5 Å². The number of likely N-dealkylation sites (tertiary alicyclic amines) is 1. The molecule has 6 nitrogen and oxygen atoms in total. The molecule has 0 unspecified atom stereocenters. The Balaban J connectivity index is 1.68. The Morgan fingerprint density at radius 2 is 2.13 bits per heavy atom. The molecule has 0 aliphatic carbocycles. The first-order chi connectivity index (χ1) is 10.8. The third-order valence-electron chi connectivity index (χ3n) is 4.42. The zero-order valence-corrected chi connectivity index (χ0v) is 14.0. The summed E-state index contributed by atoms with van der Waals surface area (Å²) in [4.78, 5) is 20.5. The fourth-order valence-electron chi connectivity index (χ4n) is 3.19. The Labute approximate surface area is 136 Å². The van der Waals surface area contributed by atoms with Crippen LogP contribution in [0.15, 0.2) is 12.3 Å². The van der Waals surface area contributed by atoms with Crippen molar-refractivity contribution in [2.24, 2.45) is 5.92 Å². The Bertz CT molecular complexity index is 674. The fraction of sp³-hybridized carbons (Fsp3) is 0.588. The standard InChI is InChI=1S/C17H22N4O2/c1-11-12(6-18)5-14(7-19-11)20-8-13-9-21(15(13)10-20)16(22)23-17(2,3)4/h5,7,13,15H,8-10H2,1-4H3/t13-,15-/m1/s1. The SMILES string of the molecule is Cc1ncc(N2C[C@@H]3CN(C(=O)OC(C)(C)C)[C@@H]3C2)cc1C#N. The maximum Gasteiger partial charge on any atom is 0.410 e. The number of aromatic nitrogens is 1. The number of hydrogen-bond donors (Lipinski definition) is 0. The van der Waals surface area contributed by atoms with E-state index < -0.39 is 5.60 Å². The molecule has 6 heteroatoms. The lowest BCUT2D eigenvalue weighted by atomic mass is 9.93. The van der Waals surface area contributed by atoms with Gasteiger partial charge in [0, 0.05) is 25.6 Å². The Morgan fingerprint density at radius 1 is 1.39 bits per heavy atom. The lowest BCUT2D eigenvalue weighted by Gasteiger charge is -2.43. The molecule has 3 heterocycles. The third kappa shape index (κ3) is 2.96. The first-order valence-electron chi connectivity index (χ1n) is 7.90. The minimum absolute atomic E-state index is 0.191. The predicted octanol–water partition coefficient (Wildman–Crippen LogP) is 2.32. The van der Waals surface area contributed by atoms with Crippen LogP contribution in [0.1, 0.15) is 32.0 Å². The van der Waals surface area contributed by atoms with E-state index in [1.807, 2.05) is 38.7 Å². The van der Waals surface area contributed by atoms with E-state index in [0.717, 1.165) is 31.0 Å². The van der Waals surface area contributed by atoms with Crippen LogP contribution in [-0.4, -0.2) is 47.3 Å². The van der Waals surface area contributed by atoms with Crippen LogP contribution < -0.4 is 4.90 Å². The van der Waals surface area contributed by atoms with Crippen molar-refractivity contribution >= 4 is 11.8 Å². The molecule has 2 aliphatic heterocycles. The second-order valence-corrected chi connectivity index (χ2v) is 7.30. The zero-order chi connectivity index (χ0) is 16.8. The van der Waals surface area contributed by atoms with Crippen LogP contribution in [-0.2, 0) is 4.74 Å². The quantitative estimate of drug-likeness (QED) is 0.795. The number of pyridine rings is 1. The van der Waals surface area contributed by atoms with Crippen molar-refractivity contribution < 1.29 is 9.53 Å². The predicted molar refractivity (Wildman–Crippen MR) is 86.1 cm³/mol. The van der Waals surface area contributed by atoms with E-state index in [1.54, 1.807) is 6.20 Å². The molecule has 1 aromatic heterocycles. The molecule has 23 heavy (non-hydrogen) atoms. The molecule has 0 bridgehead atoms. The molecule has 122 valence electrons. The summed E-state index contributed by atoms with van der Waals surface area (Å²) in [6, 6.07) is 4.25. The zero-order valence-electron chi connectivity index (χ0n) is 14.0. The normalized spacial score (nSPS) is 23.1. The summed E-state index contributed by atoms with van der Waals surface area (Å²) in [7, 11) is 0. The molecule has 3 rings (SSSR count). The van der Waals surface area contributed by atoms with Gasteiger partial charge in [0.2, 0.25) is 0 Å². The van der Waals surface area contributed by atoms with Gasteiger partial charge in [-0.1, -0.05) is 0 Å². The Kier molecular flexibility index (Phi) is 3.67. The van der Waals surface area contributed by atoms with Gasteiger partial charge in [-0.15, -0.1) is 0 Å². The molecule has 1 amide bonds. The Morgan fingerprint density at radius 3 is 2.78 bits per heavy atom. The van der Waals surface area contributed by atoms with E-state index in [2.05, 4.69) is 16.0 Å². The van der Waals surface area contributed by atoms with Crippen molar-refractivity contribution in [1.82, 2.24) is 9.88 Å². The van der Waals surface area contributed by atoms with Crippen LogP contribution in [0.2, 0.25) is 0 Å². The molecule has 0 spiro atoms. The second-order valence-electron chi connectivity index (χ2n) is 7.30. The van der Waals surface area contributed by atoms with E-state index in [-0.39, 0.29) is 12.1 Å². The van der Waals surface area contributed by atoms with Gasteiger partial charge in [-0.25, -0.2) is 4.79 Å². The number of fused-ring (bicyclic) bond motifs is 1. The van der Waals surface area contributed by atoms with E-state index in [4.69, 9.17) is 10.00 Å². The molecular weight excluding hydrogens is 292 g/mol. The van der Waals surface area contributed by atoms with Gasteiger partial charge in [-0.3, -0.25) is 4.98 Å². The van der Waals surface area contributed by atoms with Crippen molar-refractivity contribution in [2.45, 2.75) is 39.3 Å². The molecule has 0 radical (unpaired) electrons. The van der Waals surface area contributed by atoms with Gasteiger partial charge in [0.25, 0.3) is 0 Å². The summed E-state index contributed by atoms with van der Waals surface area (Å²) < 4.78 is 5.46. The molecule has 1 aromatic rings. The average molecular weight is 314 g/mol. The summed E-state index contributed by atoms with van der Waals surface area (Å²) in [6.45, 7) is 9.86. The van der Waals surface area contributed by atoms with Gasteiger partial charge in [0.15, 0.2) is 0 Å². The van der Waals surface area contributed by atoms with Gasteiger partial charge < -0.3 is 14.5 Å². The number of anilines is 1. The number of amides is 1. The van der Waals surface area contributed by atoms with E-state index in [9.17, 15) is 4.79 Å². The lowest BCUT2D eigenvalue weighted by molar-refractivity contribution is -0.0163. The van der Waals surface area contributed by atoms with Crippen molar-refractivity contribution in [3.05, 3.63) is 23.5 Å². The second kappa shape index (κ2) is 5.41. The number of carbonyl (C=O) groups is 1. The van der Waals surface area contributed by atoms with Crippen LogP contribution in [0, 0.1) is 24.2 Å². The van der Waals surface area contributed by atoms with Crippen LogP contribution in [0.25, 0.3) is 0 Å². The van der Waals surface area contributed by atoms with Gasteiger partial charge >= 0.3 is 6.09 Å². The largest absolute Gasteiger partial charge is 0.444 e. The van der Waals surface area contributed by atoms with Gasteiger partial charge in [0.1, 0.15) is 11.7 Å². The Hall–Kier alpha value is -2.29. The number of ether oxygens (including phenoxy) is 1. The highest BCUT2D eigenvalue weighted by molar-refractivity contribution is 5.70. The summed E-state index contributed by atoms with van der Waals surface area (Å²) in [6.07, 6.45) is 1.57. The first kappa shape index (κ1) is 15.6. The maximum absolute atomic E-state index is 12.2. The molecule has 2 aliphatic rings. The molecule has 0 aromatic carbocycles. The van der Waals surface area contributed by atoms with Gasteiger partial charge in [0.05, 0.1) is 29.2 Å². The molecule has 0 saturated carbocycles. The first-order valence-corrected chi connectivity index (χ1v) is 7.90. The topological polar surface area (TPSA) is 69.5 Å².